The summed E-state index contributed by atoms with van der Waals surface area (Å²) >= 11 is 5.94. The predicted molar refractivity (Wildman–Crippen MR) is 73.2 cm³/mol. The Morgan fingerprint density at radius 2 is 1.89 bits per heavy atom. The molecule has 2 nitrogen and oxygen atoms in total. The smallest absolute Gasteiger partial charge is 0.125 e. The normalized spacial score (nSPS) is 12.3. The van der Waals surface area contributed by atoms with Crippen LogP contribution in [0.25, 0.3) is 0 Å². The van der Waals surface area contributed by atoms with Gasteiger partial charge in [0.05, 0.1) is 7.11 Å². The van der Waals surface area contributed by atoms with Crippen LogP contribution in [0.3, 0.4) is 0 Å². The molecule has 0 aromatic heterocycles. The number of aliphatic hydroxyl groups is 1. The average molecular weight is 281 g/mol. The van der Waals surface area contributed by atoms with E-state index in [1.54, 1.807) is 24.3 Å². The number of aryl methyl sites for hydroxylation is 1. The highest BCUT2D eigenvalue weighted by atomic mass is 35.5. The topological polar surface area (TPSA) is 29.5 Å². The van der Waals surface area contributed by atoms with Crippen molar-refractivity contribution in [2.24, 2.45) is 0 Å². The third-order valence-corrected chi connectivity index (χ3v) is 3.26. The molecule has 0 fully saturated rings. The van der Waals surface area contributed by atoms with Crippen molar-refractivity contribution in [1.82, 2.24) is 0 Å². The molecule has 0 amide bonds. The van der Waals surface area contributed by atoms with Gasteiger partial charge in [0.1, 0.15) is 17.7 Å². The monoisotopic (exact) mass is 280 g/mol. The molecule has 19 heavy (non-hydrogen) atoms. The Morgan fingerprint density at radius 1 is 1.16 bits per heavy atom. The standard InChI is InChI=1S/C15H14ClFO2/c1-9-3-5-11(17)8-12(9)15(18)13-7-10(16)4-6-14(13)19-2/h3-8,15,18H,1-2H3. The fourth-order valence-corrected chi connectivity index (χ4v) is 2.17. The largest absolute Gasteiger partial charge is 0.496 e. The van der Waals surface area contributed by atoms with Crippen molar-refractivity contribution < 1.29 is 14.2 Å². The van der Waals surface area contributed by atoms with E-state index in [1.165, 1.54) is 19.2 Å². The van der Waals surface area contributed by atoms with Gasteiger partial charge in [-0.15, -0.1) is 0 Å². The quantitative estimate of drug-likeness (QED) is 0.924. The first-order valence-electron chi connectivity index (χ1n) is 5.80. The van der Waals surface area contributed by atoms with E-state index < -0.39 is 6.10 Å². The lowest BCUT2D eigenvalue weighted by atomic mass is 9.97. The fraction of sp³-hybridized carbons (Fsp3) is 0.200. The summed E-state index contributed by atoms with van der Waals surface area (Å²) in [7, 11) is 1.51. The van der Waals surface area contributed by atoms with Gasteiger partial charge in [0.2, 0.25) is 0 Å². The molecule has 0 aliphatic carbocycles. The second-order valence-electron chi connectivity index (χ2n) is 4.29. The van der Waals surface area contributed by atoms with Crippen molar-refractivity contribution >= 4 is 11.6 Å². The first-order chi connectivity index (χ1) is 9.02. The Morgan fingerprint density at radius 3 is 2.58 bits per heavy atom. The van der Waals surface area contributed by atoms with Crippen LogP contribution in [0.4, 0.5) is 4.39 Å². The fourth-order valence-electron chi connectivity index (χ4n) is 1.99. The Kier molecular flexibility index (Phi) is 4.08. The number of halogens is 2. The zero-order valence-electron chi connectivity index (χ0n) is 10.7. The first kappa shape index (κ1) is 13.8. The van der Waals surface area contributed by atoms with Crippen molar-refractivity contribution in [3.05, 3.63) is 63.9 Å². The molecule has 1 atom stereocenters. The summed E-state index contributed by atoms with van der Waals surface area (Å²) in [4.78, 5) is 0. The highest BCUT2D eigenvalue weighted by molar-refractivity contribution is 6.30. The second-order valence-corrected chi connectivity index (χ2v) is 4.73. The van der Waals surface area contributed by atoms with Gasteiger partial charge < -0.3 is 9.84 Å². The van der Waals surface area contributed by atoms with Crippen LogP contribution in [0, 0.1) is 12.7 Å². The van der Waals surface area contributed by atoms with Crippen LogP contribution in [0.15, 0.2) is 36.4 Å². The number of ether oxygens (including phenoxy) is 1. The van der Waals surface area contributed by atoms with Crippen LogP contribution in [0.2, 0.25) is 5.02 Å². The van der Waals surface area contributed by atoms with Gasteiger partial charge in [0.25, 0.3) is 0 Å². The van der Waals surface area contributed by atoms with Gasteiger partial charge in [-0.25, -0.2) is 4.39 Å². The number of rotatable bonds is 3. The molecule has 4 heteroatoms. The van der Waals surface area contributed by atoms with Gasteiger partial charge in [-0.05, 0) is 48.4 Å². The van der Waals surface area contributed by atoms with E-state index in [0.29, 0.717) is 21.9 Å². The van der Waals surface area contributed by atoms with Crippen LogP contribution < -0.4 is 4.74 Å². The minimum absolute atomic E-state index is 0.388. The predicted octanol–water partition coefficient (Wildman–Crippen LogP) is 3.88. The minimum atomic E-state index is -0.982. The van der Waals surface area contributed by atoms with Gasteiger partial charge in [-0.2, -0.15) is 0 Å². The van der Waals surface area contributed by atoms with E-state index in [9.17, 15) is 9.50 Å². The second kappa shape index (κ2) is 5.59. The van der Waals surface area contributed by atoms with E-state index in [4.69, 9.17) is 16.3 Å². The number of hydrogen-bond acceptors (Lipinski definition) is 2. The molecule has 1 N–H and O–H groups in total. The van der Waals surface area contributed by atoms with Crippen molar-refractivity contribution in [1.29, 1.82) is 0 Å². The lowest BCUT2D eigenvalue weighted by Gasteiger charge is -2.17. The Hall–Kier alpha value is -1.58. The number of methoxy groups -OCH3 is 1. The minimum Gasteiger partial charge on any atom is -0.496 e. The zero-order chi connectivity index (χ0) is 14.0. The van der Waals surface area contributed by atoms with Gasteiger partial charge in [0.15, 0.2) is 0 Å². The lowest BCUT2D eigenvalue weighted by Crippen LogP contribution is -2.05. The zero-order valence-corrected chi connectivity index (χ0v) is 11.4. The molecule has 2 aromatic rings. The molecule has 0 aliphatic heterocycles. The van der Waals surface area contributed by atoms with E-state index in [1.807, 2.05) is 6.92 Å². The number of hydrogen-bond donors (Lipinski definition) is 1. The molecule has 100 valence electrons. The molecule has 0 saturated heterocycles. The third-order valence-electron chi connectivity index (χ3n) is 3.02. The maximum Gasteiger partial charge on any atom is 0.125 e. The summed E-state index contributed by atoms with van der Waals surface area (Å²) in [5, 5.41) is 10.9. The molecule has 0 heterocycles. The molecule has 0 bridgehead atoms. The summed E-state index contributed by atoms with van der Waals surface area (Å²) in [6, 6.07) is 9.28. The molecule has 2 rings (SSSR count). The van der Waals surface area contributed by atoms with Crippen LogP contribution in [-0.2, 0) is 0 Å². The highest BCUT2D eigenvalue weighted by Crippen LogP contribution is 2.33. The maximum absolute atomic E-state index is 13.3. The molecule has 0 radical (unpaired) electrons. The lowest BCUT2D eigenvalue weighted by molar-refractivity contribution is 0.213. The van der Waals surface area contributed by atoms with Crippen LogP contribution in [0.1, 0.15) is 22.8 Å². The summed E-state index contributed by atoms with van der Waals surface area (Å²) in [6.45, 7) is 1.81. The Balaban J connectivity index is 2.51. The number of benzene rings is 2. The Labute approximate surface area is 116 Å². The van der Waals surface area contributed by atoms with Crippen molar-refractivity contribution in [3.63, 3.8) is 0 Å². The molecule has 2 aromatic carbocycles. The number of aliphatic hydroxyl groups excluding tert-OH is 1. The van der Waals surface area contributed by atoms with E-state index in [2.05, 4.69) is 0 Å². The summed E-state index contributed by atoms with van der Waals surface area (Å²) in [5.74, 6) is 0.126. The molecule has 0 spiro atoms. The van der Waals surface area contributed by atoms with Crippen molar-refractivity contribution in [2.75, 3.05) is 7.11 Å². The summed E-state index contributed by atoms with van der Waals surface area (Å²) in [6.07, 6.45) is -0.982. The average Bonchev–Trinajstić information content (AvgIpc) is 2.40. The van der Waals surface area contributed by atoms with Gasteiger partial charge in [-0.1, -0.05) is 17.7 Å². The molecule has 0 aliphatic rings. The first-order valence-corrected chi connectivity index (χ1v) is 6.18. The van der Waals surface area contributed by atoms with Gasteiger partial charge >= 0.3 is 0 Å². The Bertz CT molecular complexity index is 599. The van der Waals surface area contributed by atoms with Gasteiger partial charge in [0, 0.05) is 10.6 Å². The van der Waals surface area contributed by atoms with E-state index >= 15 is 0 Å². The van der Waals surface area contributed by atoms with Crippen LogP contribution in [-0.4, -0.2) is 12.2 Å². The van der Waals surface area contributed by atoms with Crippen molar-refractivity contribution in [3.8, 4) is 5.75 Å². The summed E-state index contributed by atoms with van der Waals surface area (Å²) < 4.78 is 18.5. The maximum atomic E-state index is 13.3. The van der Waals surface area contributed by atoms with Crippen LogP contribution in [0.5, 0.6) is 5.75 Å². The third kappa shape index (κ3) is 2.88. The molecular weight excluding hydrogens is 267 g/mol. The molecule has 0 saturated carbocycles. The summed E-state index contributed by atoms with van der Waals surface area (Å²) in [5.41, 5.74) is 1.82. The molecular formula is C15H14ClFO2. The van der Waals surface area contributed by atoms with E-state index in [0.717, 1.165) is 5.56 Å². The highest BCUT2D eigenvalue weighted by Gasteiger charge is 2.18. The van der Waals surface area contributed by atoms with Gasteiger partial charge in [-0.3, -0.25) is 0 Å². The van der Waals surface area contributed by atoms with Crippen LogP contribution >= 0.6 is 11.6 Å². The van der Waals surface area contributed by atoms with Crippen molar-refractivity contribution in [2.45, 2.75) is 13.0 Å². The van der Waals surface area contributed by atoms with E-state index in [-0.39, 0.29) is 5.82 Å². The molecule has 1 unspecified atom stereocenters. The SMILES string of the molecule is COc1ccc(Cl)cc1C(O)c1cc(F)ccc1C.